The van der Waals surface area contributed by atoms with Gasteiger partial charge in [0.1, 0.15) is 92.0 Å². The molecule has 0 aliphatic carbocycles. The Morgan fingerprint density at radius 2 is 0.287 bits per heavy atom. The fourth-order valence-electron chi connectivity index (χ4n) is 8.80. The van der Waals surface area contributed by atoms with Crippen molar-refractivity contribution in [2.24, 2.45) is 0 Å². The van der Waals surface area contributed by atoms with Crippen molar-refractivity contribution in [1.29, 1.82) is 0 Å². The standard InChI is InChI=1S/C64H64O16/c1-65-33-41-25-58-42(34-66-2)26-57(41)73-49-9-11-51(12-10-49)75-59-27-44(36-68-4)61(28-43(59)35-67-3)77-53-17-19-55(20-18-53)79-63-31-48(40-72-8)64(32-47(63)39-71-7)80-56-23-21-54(22-24-56)78-62-30-45(37-69-5)60(29-46(62)38-70-6)76-52-15-13-50(74-58)14-16-52/h9-32H,33-40H2,1-8H3. The molecule has 22 aliphatic rings. The monoisotopic (exact) mass is 1090 g/mol. The lowest BCUT2D eigenvalue weighted by Gasteiger charge is -2.19. The average Bonchev–Trinajstić information content (AvgIpc) is 3.46. The molecular weight excluding hydrogens is 1020 g/mol. The van der Waals surface area contributed by atoms with Crippen molar-refractivity contribution in [2.75, 3.05) is 56.9 Å². The zero-order valence-electron chi connectivity index (χ0n) is 46.0. The normalized spacial score (nSPS) is 12.1. The Balaban J connectivity index is 1.08. The van der Waals surface area contributed by atoms with Crippen molar-refractivity contribution in [3.8, 4) is 92.0 Å². The largest absolute Gasteiger partial charge is 0.457 e. The second-order valence-corrected chi connectivity index (χ2v) is 18.4. The van der Waals surface area contributed by atoms with Crippen LogP contribution in [0, 0.1) is 0 Å². The fraction of sp³-hybridized carbons (Fsp3) is 0.250. The molecule has 0 saturated carbocycles. The number of benzene rings is 8. The van der Waals surface area contributed by atoms with Gasteiger partial charge in [-0.05, 0) is 146 Å². The molecule has 22 heterocycles. The van der Waals surface area contributed by atoms with Crippen LogP contribution in [0.3, 0.4) is 0 Å². The highest BCUT2D eigenvalue weighted by atomic mass is 16.5. The van der Waals surface area contributed by atoms with E-state index < -0.39 is 0 Å². The third-order valence-electron chi connectivity index (χ3n) is 12.5. The average molecular weight is 1090 g/mol. The highest BCUT2D eigenvalue weighted by Gasteiger charge is 2.20. The van der Waals surface area contributed by atoms with E-state index in [0.29, 0.717) is 92.0 Å². The number of hydrogen-bond donors (Lipinski definition) is 0. The first-order valence-electron chi connectivity index (χ1n) is 25.6. The zero-order chi connectivity index (χ0) is 55.8. The highest BCUT2D eigenvalue weighted by Crippen LogP contribution is 2.42. The number of ether oxygens (including phenoxy) is 16. The van der Waals surface area contributed by atoms with E-state index >= 15 is 0 Å². The quantitative estimate of drug-likeness (QED) is 0.0903. The summed E-state index contributed by atoms with van der Waals surface area (Å²) in [6.45, 7) is 2.00. The van der Waals surface area contributed by atoms with Gasteiger partial charge in [-0.1, -0.05) is 0 Å². The van der Waals surface area contributed by atoms with Crippen molar-refractivity contribution in [3.63, 3.8) is 0 Å². The Morgan fingerprint density at radius 1 is 0.188 bits per heavy atom. The minimum atomic E-state index is 0.250. The molecule has 30 rings (SSSR count). The summed E-state index contributed by atoms with van der Waals surface area (Å²) in [6, 6.07) is 44.6. The Morgan fingerprint density at radius 3 is 0.375 bits per heavy atom. The molecule has 16 heteroatoms. The molecule has 8 aromatic carbocycles. The van der Waals surface area contributed by atoms with Crippen LogP contribution in [-0.4, -0.2) is 56.9 Å². The van der Waals surface area contributed by atoms with Crippen LogP contribution in [0.2, 0.25) is 0 Å². The topological polar surface area (TPSA) is 148 Å². The smallest absolute Gasteiger partial charge is 0.133 e. The van der Waals surface area contributed by atoms with Crippen molar-refractivity contribution in [1.82, 2.24) is 0 Å². The molecule has 0 atom stereocenters. The molecule has 16 nitrogen and oxygen atoms in total. The molecule has 16 bridgehead atoms. The Labute approximate surface area is 465 Å². The summed E-state index contributed by atoms with van der Waals surface area (Å²) in [6.07, 6.45) is 0. The third kappa shape index (κ3) is 14.4. The van der Waals surface area contributed by atoms with E-state index in [1.54, 1.807) is 56.9 Å². The maximum Gasteiger partial charge on any atom is 0.133 e. The second-order valence-electron chi connectivity index (χ2n) is 18.4. The van der Waals surface area contributed by atoms with Crippen molar-refractivity contribution < 1.29 is 75.8 Å². The lowest BCUT2D eigenvalue weighted by molar-refractivity contribution is 0.178. The van der Waals surface area contributed by atoms with Gasteiger partial charge in [-0.3, -0.25) is 0 Å². The van der Waals surface area contributed by atoms with Gasteiger partial charge >= 0.3 is 0 Å². The van der Waals surface area contributed by atoms with E-state index in [1.165, 1.54) is 0 Å². The van der Waals surface area contributed by atoms with Crippen LogP contribution >= 0.6 is 0 Å². The fourth-order valence-corrected chi connectivity index (χ4v) is 8.80. The number of methoxy groups -OCH3 is 8. The first kappa shape index (κ1) is 56.6. The van der Waals surface area contributed by atoms with Gasteiger partial charge < -0.3 is 75.8 Å². The predicted octanol–water partition coefficient (Wildman–Crippen LogP) is 15.5. The van der Waals surface area contributed by atoms with Crippen molar-refractivity contribution in [2.45, 2.75) is 52.9 Å². The van der Waals surface area contributed by atoms with Crippen LogP contribution in [0.5, 0.6) is 92.0 Å². The van der Waals surface area contributed by atoms with Gasteiger partial charge in [0.05, 0.1) is 52.9 Å². The lowest BCUT2D eigenvalue weighted by atomic mass is 10.1. The third-order valence-corrected chi connectivity index (χ3v) is 12.5. The predicted molar refractivity (Wildman–Crippen MR) is 298 cm³/mol. The SMILES string of the molecule is COCc1cc2c(COC)cc1Oc1ccc(cc1)Oc1cc(COC)c(cc1COC)Oc1ccc(cc1)Oc1cc(COC)c(cc1COC)Oc1ccc(cc1)Oc1cc(COC)c(cc1COC)Oc1ccc(cc1)O2. The van der Waals surface area contributed by atoms with Gasteiger partial charge in [0.15, 0.2) is 0 Å². The summed E-state index contributed by atoms with van der Waals surface area (Å²) in [4.78, 5) is 0. The maximum absolute atomic E-state index is 6.51. The molecule has 0 aromatic heterocycles. The van der Waals surface area contributed by atoms with E-state index in [9.17, 15) is 0 Å². The van der Waals surface area contributed by atoms with E-state index in [1.807, 2.05) is 146 Å². The number of rotatable bonds is 16. The molecule has 80 heavy (non-hydrogen) atoms. The van der Waals surface area contributed by atoms with Crippen LogP contribution in [0.15, 0.2) is 146 Å². The van der Waals surface area contributed by atoms with E-state index in [0.717, 1.165) is 44.5 Å². The Bertz CT molecular complexity index is 2640. The van der Waals surface area contributed by atoms with Gasteiger partial charge in [-0.25, -0.2) is 0 Å². The molecule has 0 radical (unpaired) electrons. The summed E-state index contributed by atoms with van der Waals surface area (Å²) < 4.78 is 97.2. The Kier molecular flexibility index (Phi) is 19.5. The maximum atomic E-state index is 6.51. The first-order valence-corrected chi connectivity index (χ1v) is 25.6. The van der Waals surface area contributed by atoms with Crippen LogP contribution in [0.25, 0.3) is 0 Å². The zero-order valence-corrected chi connectivity index (χ0v) is 46.0. The lowest BCUT2D eigenvalue weighted by Crippen LogP contribution is -2.01. The molecule has 0 unspecified atom stereocenters. The summed E-state index contributed by atoms with van der Waals surface area (Å²) in [5.74, 6) is 9.16. The molecule has 0 spiro atoms. The molecule has 22 aliphatic heterocycles. The van der Waals surface area contributed by atoms with Gasteiger partial charge in [0.2, 0.25) is 0 Å². The molecule has 0 N–H and O–H groups in total. The Hall–Kier alpha value is -8.16. The minimum Gasteiger partial charge on any atom is -0.457 e. The van der Waals surface area contributed by atoms with Gasteiger partial charge in [-0.15, -0.1) is 0 Å². The molecule has 416 valence electrons. The van der Waals surface area contributed by atoms with Crippen LogP contribution in [0.4, 0.5) is 0 Å². The van der Waals surface area contributed by atoms with Crippen LogP contribution in [-0.2, 0) is 90.7 Å². The molecular formula is C64H64O16. The van der Waals surface area contributed by atoms with E-state index in [2.05, 4.69) is 0 Å². The second kappa shape index (κ2) is 27.6. The summed E-state index contributed by atoms with van der Waals surface area (Å²) in [5.41, 5.74) is 6.06. The minimum absolute atomic E-state index is 0.250. The molecule has 0 amide bonds. The van der Waals surface area contributed by atoms with Crippen LogP contribution < -0.4 is 37.9 Å². The first-order chi connectivity index (χ1) is 39.2. The van der Waals surface area contributed by atoms with Crippen molar-refractivity contribution >= 4 is 0 Å². The van der Waals surface area contributed by atoms with Gasteiger partial charge in [0, 0.05) is 101 Å². The van der Waals surface area contributed by atoms with E-state index in [4.69, 9.17) is 75.8 Å². The summed E-state index contributed by atoms with van der Waals surface area (Å²) in [7, 11) is 13.0. The molecule has 8 aromatic rings. The number of hydrogen-bond acceptors (Lipinski definition) is 16. The molecule has 0 fully saturated rings. The molecule has 0 saturated heterocycles. The van der Waals surface area contributed by atoms with Gasteiger partial charge in [0.25, 0.3) is 0 Å². The highest BCUT2D eigenvalue weighted by molar-refractivity contribution is 5.55. The van der Waals surface area contributed by atoms with Gasteiger partial charge in [-0.2, -0.15) is 0 Å². The van der Waals surface area contributed by atoms with Crippen molar-refractivity contribution in [3.05, 3.63) is 190 Å². The van der Waals surface area contributed by atoms with Crippen LogP contribution in [0.1, 0.15) is 44.5 Å². The van der Waals surface area contributed by atoms with E-state index in [-0.39, 0.29) is 52.9 Å². The summed E-state index contributed by atoms with van der Waals surface area (Å²) in [5, 5.41) is 0. The summed E-state index contributed by atoms with van der Waals surface area (Å²) >= 11 is 0.